The van der Waals surface area contributed by atoms with Gasteiger partial charge in [0.2, 0.25) is 5.91 Å². The Labute approximate surface area is 169 Å². The molecule has 1 N–H and O–H groups in total. The Morgan fingerprint density at radius 1 is 1.29 bits per heavy atom. The van der Waals surface area contributed by atoms with Crippen LogP contribution in [0.4, 0.5) is 0 Å². The first-order valence-corrected chi connectivity index (χ1v) is 10.6. The van der Waals surface area contributed by atoms with Gasteiger partial charge in [-0.3, -0.25) is 9.36 Å². The summed E-state index contributed by atoms with van der Waals surface area (Å²) in [4.78, 5) is 12.0. The molecule has 0 bridgehead atoms. The standard InChI is InChI=1S/C20H25N5O2S/c1-27-17-10-8-15(9-11-17)19-23-24-20(25(19)16-6-3-2-4-7-16)28-14-18(26)22-13-5-12-21/h8-11,16H,2-7,13-14H2,1H3,(H,22,26). The number of hydrogen-bond donors (Lipinski definition) is 1. The summed E-state index contributed by atoms with van der Waals surface area (Å²) < 4.78 is 7.45. The van der Waals surface area contributed by atoms with Crippen LogP contribution < -0.4 is 10.1 Å². The average molecular weight is 400 g/mol. The number of nitrogens with zero attached hydrogens (tertiary/aromatic N) is 4. The molecule has 1 aromatic carbocycles. The van der Waals surface area contributed by atoms with Crippen LogP contribution in [0.3, 0.4) is 0 Å². The van der Waals surface area contributed by atoms with Crippen LogP contribution in [0.2, 0.25) is 0 Å². The predicted molar refractivity (Wildman–Crippen MR) is 108 cm³/mol. The van der Waals surface area contributed by atoms with Crippen molar-refractivity contribution in [1.29, 1.82) is 5.26 Å². The van der Waals surface area contributed by atoms with Gasteiger partial charge in [0.25, 0.3) is 0 Å². The lowest BCUT2D eigenvalue weighted by Crippen LogP contribution is -2.26. The van der Waals surface area contributed by atoms with Crippen molar-refractivity contribution in [1.82, 2.24) is 20.1 Å². The van der Waals surface area contributed by atoms with Crippen LogP contribution in [0.1, 0.15) is 44.6 Å². The summed E-state index contributed by atoms with van der Waals surface area (Å²) in [6, 6.07) is 10.2. The van der Waals surface area contributed by atoms with Crippen LogP contribution in [-0.2, 0) is 4.79 Å². The predicted octanol–water partition coefficient (Wildman–Crippen LogP) is 3.58. The van der Waals surface area contributed by atoms with E-state index in [1.54, 1.807) is 7.11 Å². The molecule has 3 rings (SSSR count). The lowest BCUT2D eigenvalue weighted by molar-refractivity contribution is -0.118. The topological polar surface area (TPSA) is 92.8 Å². The molecule has 1 aliphatic rings. The fourth-order valence-corrected chi connectivity index (χ4v) is 4.26. The zero-order valence-corrected chi connectivity index (χ0v) is 16.9. The highest BCUT2D eigenvalue weighted by Crippen LogP contribution is 2.35. The molecule has 1 saturated carbocycles. The zero-order valence-electron chi connectivity index (χ0n) is 16.1. The highest BCUT2D eigenvalue weighted by atomic mass is 32.2. The molecule has 1 aliphatic carbocycles. The average Bonchev–Trinajstić information content (AvgIpc) is 3.17. The Bertz CT molecular complexity index is 822. The Kier molecular flexibility index (Phi) is 7.31. The van der Waals surface area contributed by atoms with Gasteiger partial charge >= 0.3 is 0 Å². The number of carbonyl (C=O) groups excluding carboxylic acids is 1. The second kappa shape index (κ2) is 10.1. The third-order valence-corrected chi connectivity index (χ3v) is 5.79. The van der Waals surface area contributed by atoms with E-state index >= 15 is 0 Å². The van der Waals surface area contributed by atoms with E-state index in [2.05, 4.69) is 20.1 Å². The van der Waals surface area contributed by atoms with Gasteiger partial charge in [-0.15, -0.1) is 10.2 Å². The van der Waals surface area contributed by atoms with E-state index in [0.717, 1.165) is 35.1 Å². The van der Waals surface area contributed by atoms with Crippen LogP contribution in [0.15, 0.2) is 29.4 Å². The van der Waals surface area contributed by atoms with Gasteiger partial charge in [-0.2, -0.15) is 5.26 Å². The molecule has 1 fully saturated rings. The number of rotatable bonds is 8. The lowest BCUT2D eigenvalue weighted by atomic mass is 9.95. The Morgan fingerprint density at radius 2 is 2.04 bits per heavy atom. The fraction of sp³-hybridized carbons (Fsp3) is 0.500. The number of hydrogen-bond acceptors (Lipinski definition) is 6. The summed E-state index contributed by atoms with van der Waals surface area (Å²) in [6.07, 6.45) is 6.18. The summed E-state index contributed by atoms with van der Waals surface area (Å²) in [6.45, 7) is 0.377. The molecule has 1 amide bonds. The number of carbonyl (C=O) groups is 1. The molecule has 28 heavy (non-hydrogen) atoms. The number of nitrogens with one attached hydrogen (secondary N) is 1. The molecular formula is C20H25N5O2S. The first kappa shape index (κ1) is 20.2. The van der Waals surface area contributed by atoms with Crippen molar-refractivity contribution < 1.29 is 9.53 Å². The first-order valence-electron chi connectivity index (χ1n) is 9.58. The normalized spacial score (nSPS) is 14.4. The molecule has 148 valence electrons. The maximum absolute atomic E-state index is 12.0. The number of aromatic nitrogens is 3. The molecule has 1 heterocycles. The van der Waals surface area contributed by atoms with Crippen molar-refractivity contribution in [2.75, 3.05) is 19.4 Å². The summed E-state index contributed by atoms with van der Waals surface area (Å²) in [7, 11) is 1.65. The van der Waals surface area contributed by atoms with Crippen molar-refractivity contribution in [2.24, 2.45) is 0 Å². The third-order valence-electron chi connectivity index (χ3n) is 4.84. The van der Waals surface area contributed by atoms with Gasteiger partial charge in [-0.25, -0.2) is 0 Å². The van der Waals surface area contributed by atoms with Crippen molar-refractivity contribution >= 4 is 17.7 Å². The molecule has 0 radical (unpaired) electrons. The van der Waals surface area contributed by atoms with Gasteiger partial charge in [0.1, 0.15) is 5.75 Å². The Morgan fingerprint density at radius 3 is 2.71 bits per heavy atom. The number of ether oxygens (including phenoxy) is 1. The van der Waals surface area contributed by atoms with Crippen LogP contribution >= 0.6 is 11.8 Å². The first-order chi connectivity index (χ1) is 13.7. The summed E-state index contributed by atoms with van der Waals surface area (Å²) >= 11 is 1.40. The second-order valence-corrected chi connectivity index (χ2v) is 7.69. The number of amides is 1. The monoisotopic (exact) mass is 399 g/mol. The summed E-state index contributed by atoms with van der Waals surface area (Å²) in [5, 5.41) is 20.9. The molecule has 0 saturated heterocycles. The fourth-order valence-electron chi connectivity index (χ4n) is 3.42. The smallest absolute Gasteiger partial charge is 0.230 e. The van der Waals surface area contributed by atoms with Crippen LogP contribution in [-0.4, -0.2) is 40.1 Å². The zero-order chi connectivity index (χ0) is 19.8. The number of thioether (sulfide) groups is 1. The quantitative estimate of drug-likeness (QED) is 0.539. The van der Waals surface area contributed by atoms with E-state index in [-0.39, 0.29) is 11.7 Å². The van der Waals surface area contributed by atoms with E-state index in [1.165, 1.54) is 31.0 Å². The van der Waals surface area contributed by atoms with Gasteiger partial charge in [0.15, 0.2) is 11.0 Å². The molecule has 7 nitrogen and oxygen atoms in total. The Hall–Kier alpha value is -2.53. The molecule has 0 atom stereocenters. The van der Waals surface area contributed by atoms with E-state index in [4.69, 9.17) is 10.00 Å². The molecule has 1 aromatic heterocycles. The summed E-state index contributed by atoms with van der Waals surface area (Å²) in [5.41, 5.74) is 0.990. The van der Waals surface area contributed by atoms with Crippen LogP contribution in [0.25, 0.3) is 11.4 Å². The molecule has 0 aliphatic heterocycles. The van der Waals surface area contributed by atoms with Gasteiger partial charge in [0, 0.05) is 18.2 Å². The minimum absolute atomic E-state index is 0.0931. The largest absolute Gasteiger partial charge is 0.497 e. The molecular weight excluding hydrogens is 374 g/mol. The second-order valence-electron chi connectivity index (χ2n) is 6.74. The number of methoxy groups -OCH3 is 1. The van der Waals surface area contributed by atoms with E-state index in [1.807, 2.05) is 30.3 Å². The number of nitriles is 1. The lowest BCUT2D eigenvalue weighted by Gasteiger charge is -2.25. The maximum Gasteiger partial charge on any atom is 0.230 e. The van der Waals surface area contributed by atoms with Crippen LogP contribution in [0.5, 0.6) is 5.75 Å². The minimum Gasteiger partial charge on any atom is -0.497 e. The van der Waals surface area contributed by atoms with E-state index in [0.29, 0.717) is 19.0 Å². The third kappa shape index (κ3) is 5.04. The van der Waals surface area contributed by atoms with Gasteiger partial charge < -0.3 is 10.1 Å². The molecule has 8 heteroatoms. The maximum atomic E-state index is 12.0. The Balaban J connectivity index is 1.80. The summed E-state index contributed by atoms with van der Waals surface area (Å²) in [5.74, 6) is 1.81. The van der Waals surface area contributed by atoms with Crippen LogP contribution in [0, 0.1) is 11.3 Å². The van der Waals surface area contributed by atoms with Crippen molar-refractivity contribution in [3.8, 4) is 23.2 Å². The molecule has 2 aromatic rings. The van der Waals surface area contributed by atoms with E-state index in [9.17, 15) is 4.79 Å². The van der Waals surface area contributed by atoms with Crippen molar-refractivity contribution in [3.63, 3.8) is 0 Å². The van der Waals surface area contributed by atoms with E-state index < -0.39 is 0 Å². The van der Waals surface area contributed by atoms with Crippen molar-refractivity contribution in [3.05, 3.63) is 24.3 Å². The highest BCUT2D eigenvalue weighted by Gasteiger charge is 2.24. The van der Waals surface area contributed by atoms with Crippen molar-refractivity contribution in [2.45, 2.75) is 49.7 Å². The number of benzene rings is 1. The highest BCUT2D eigenvalue weighted by molar-refractivity contribution is 7.99. The van der Waals surface area contributed by atoms with Gasteiger partial charge in [-0.05, 0) is 37.1 Å². The molecule has 0 spiro atoms. The minimum atomic E-state index is -0.0931. The SMILES string of the molecule is COc1ccc(-c2nnc(SCC(=O)NCCC#N)n2C2CCCCC2)cc1. The van der Waals surface area contributed by atoms with Gasteiger partial charge in [-0.1, -0.05) is 31.0 Å². The molecule has 0 unspecified atom stereocenters. The van der Waals surface area contributed by atoms with Gasteiger partial charge in [0.05, 0.1) is 25.4 Å².